The van der Waals surface area contributed by atoms with Crippen molar-refractivity contribution >= 4 is 11.9 Å². The molecule has 1 rings (SSSR count). The number of nitrogens with zero attached hydrogens (tertiary/aromatic N) is 1. The average molecular weight is 232 g/mol. The van der Waals surface area contributed by atoms with Gasteiger partial charge in [-0.25, -0.2) is 0 Å². The van der Waals surface area contributed by atoms with Crippen LogP contribution in [-0.4, -0.2) is 18.5 Å². The van der Waals surface area contributed by atoms with Crippen LogP contribution in [0.25, 0.3) is 0 Å². The predicted octanol–water partition coefficient (Wildman–Crippen LogP) is 2.08. The number of hydrogen-bond donors (Lipinski definition) is 1. The van der Waals surface area contributed by atoms with Crippen molar-refractivity contribution < 1.29 is 9.53 Å². The van der Waals surface area contributed by atoms with Crippen LogP contribution in [0, 0.1) is 0 Å². The van der Waals surface area contributed by atoms with E-state index in [0.717, 1.165) is 5.57 Å². The van der Waals surface area contributed by atoms with E-state index in [9.17, 15) is 4.79 Å². The predicted molar refractivity (Wildman–Crippen MR) is 68.4 cm³/mol. The Labute approximate surface area is 101 Å². The summed E-state index contributed by atoms with van der Waals surface area (Å²) in [7, 11) is 0. The molecule has 0 aromatic rings. The van der Waals surface area contributed by atoms with Crippen molar-refractivity contribution in [2.75, 3.05) is 6.61 Å². The molecule has 0 radical (unpaired) electrons. The van der Waals surface area contributed by atoms with Crippen molar-refractivity contribution in [3.63, 3.8) is 0 Å². The molecule has 4 heteroatoms. The summed E-state index contributed by atoms with van der Waals surface area (Å²) in [5.74, 6) is -0.181. The third-order valence-electron chi connectivity index (χ3n) is 2.00. The fourth-order valence-corrected chi connectivity index (χ4v) is 1.19. The molecule has 4 nitrogen and oxygen atoms in total. The molecule has 90 valence electrons. The summed E-state index contributed by atoms with van der Waals surface area (Å²) in [4.78, 5) is 15.6. The van der Waals surface area contributed by atoms with Gasteiger partial charge in [0.2, 0.25) is 5.91 Å². The number of ether oxygens (including phenoxy) is 1. The lowest BCUT2D eigenvalue weighted by molar-refractivity contribution is -0.119. The van der Waals surface area contributed by atoms with Crippen LogP contribution in [0.5, 0.6) is 0 Å². The number of amides is 1. The first kappa shape index (κ1) is 13.0. The van der Waals surface area contributed by atoms with Gasteiger partial charge in [-0.3, -0.25) is 10.1 Å². The number of carbonyl (C=O) groups is 1. The standard InChI is InChI=1S/C13H16N2O2/c1-4-11-7-6-10(3)14-13(17-5-2)15-12(16)9-8-11/h4,6-8H,1,3,5,9H2,2H3,(H,14,15,16). The number of carbonyl (C=O) groups excluding carboxylic acids is 1. The molecule has 0 aromatic carbocycles. The van der Waals surface area contributed by atoms with Crippen LogP contribution in [0.3, 0.4) is 0 Å². The molecular weight excluding hydrogens is 216 g/mol. The third kappa shape index (κ3) is 4.51. The highest BCUT2D eigenvalue weighted by molar-refractivity contribution is 5.95. The maximum Gasteiger partial charge on any atom is 0.296 e. The zero-order valence-electron chi connectivity index (χ0n) is 9.90. The molecule has 0 aromatic heterocycles. The van der Waals surface area contributed by atoms with Crippen LogP contribution >= 0.6 is 0 Å². The third-order valence-corrected chi connectivity index (χ3v) is 2.00. The number of amidine groups is 1. The molecule has 0 saturated heterocycles. The zero-order valence-corrected chi connectivity index (χ0v) is 9.90. The van der Waals surface area contributed by atoms with Crippen LogP contribution < -0.4 is 5.32 Å². The molecule has 1 heterocycles. The van der Waals surface area contributed by atoms with E-state index < -0.39 is 0 Å². The van der Waals surface area contributed by atoms with Gasteiger partial charge in [0.05, 0.1) is 12.3 Å². The quantitative estimate of drug-likeness (QED) is 0.792. The Morgan fingerprint density at radius 3 is 3.00 bits per heavy atom. The molecular formula is C13H16N2O2. The number of aliphatic imine (C=N–C) groups is 1. The van der Waals surface area contributed by atoms with Gasteiger partial charge in [0, 0.05) is 6.42 Å². The monoisotopic (exact) mass is 232 g/mol. The van der Waals surface area contributed by atoms with E-state index in [0.29, 0.717) is 12.3 Å². The van der Waals surface area contributed by atoms with Crippen molar-refractivity contribution in [3.05, 3.63) is 48.7 Å². The van der Waals surface area contributed by atoms with E-state index in [1.807, 2.05) is 6.92 Å². The minimum absolute atomic E-state index is 0.181. The molecule has 17 heavy (non-hydrogen) atoms. The van der Waals surface area contributed by atoms with Crippen LogP contribution in [0.2, 0.25) is 0 Å². The number of rotatable bonds is 2. The second kappa shape index (κ2) is 6.48. The molecule has 0 unspecified atom stereocenters. The zero-order chi connectivity index (χ0) is 12.7. The van der Waals surface area contributed by atoms with Crippen molar-refractivity contribution in [1.82, 2.24) is 5.32 Å². The molecule has 0 atom stereocenters. The minimum Gasteiger partial charge on any atom is -0.465 e. The molecule has 1 aliphatic heterocycles. The number of hydrogen-bond acceptors (Lipinski definition) is 3. The van der Waals surface area contributed by atoms with Gasteiger partial charge < -0.3 is 4.74 Å². The Balaban J connectivity index is 2.96. The first-order valence-corrected chi connectivity index (χ1v) is 5.36. The highest BCUT2D eigenvalue weighted by Crippen LogP contribution is 2.06. The number of nitrogens with one attached hydrogen (secondary N) is 1. The molecule has 0 bridgehead atoms. The molecule has 1 N–H and O–H groups in total. The smallest absolute Gasteiger partial charge is 0.296 e. The van der Waals surface area contributed by atoms with E-state index in [4.69, 9.17) is 4.74 Å². The van der Waals surface area contributed by atoms with E-state index >= 15 is 0 Å². The second-order valence-electron chi connectivity index (χ2n) is 3.34. The summed E-state index contributed by atoms with van der Waals surface area (Å²) >= 11 is 0. The highest BCUT2D eigenvalue weighted by Gasteiger charge is 2.07. The Bertz CT molecular complexity index is 417. The van der Waals surface area contributed by atoms with E-state index in [1.54, 1.807) is 24.3 Å². The highest BCUT2D eigenvalue weighted by atomic mass is 16.5. The van der Waals surface area contributed by atoms with E-state index in [1.165, 1.54) is 0 Å². The van der Waals surface area contributed by atoms with Gasteiger partial charge in [0.25, 0.3) is 6.02 Å². The van der Waals surface area contributed by atoms with E-state index in [2.05, 4.69) is 23.5 Å². The van der Waals surface area contributed by atoms with Crippen LogP contribution in [0.1, 0.15) is 13.3 Å². The van der Waals surface area contributed by atoms with Gasteiger partial charge in [0.1, 0.15) is 0 Å². The lowest BCUT2D eigenvalue weighted by atomic mass is 10.2. The van der Waals surface area contributed by atoms with Crippen molar-refractivity contribution in [1.29, 1.82) is 0 Å². The average Bonchev–Trinajstić information content (AvgIpc) is 2.29. The first-order valence-electron chi connectivity index (χ1n) is 5.36. The topological polar surface area (TPSA) is 50.7 Å². The SMILES string of the molecule is C=CC1=CCC(=O)NC(OCC)=NC(=C)C=C1. The van der Waals surface area contributed by atoms with Crippen LogP contribution in [0.4, 0.5) is 0 Å². The van der Waals surface area contributed by atoms with Crippen molar-refractivity contribution in [2.24, 2.45) is 4.99 Å². The van der Waals surface area contributed by atoms with Crippen LogP contribution in [0.15, 0.2) is 53.7 Å². The lowest BCUT2D eigenvalue weighted by Gasteiger charge is -2.09. The Hall–Kier alpha value is -2.10. The summed E-state index contributed by atoms with van der Waals surface area (Å²) in [6, 6.07) is 0.183. The molecule has 0 saturated carbocycles. The maximum absolute atomic E-state index is 11.5. The molecule has 1 amide bonds. The van der Waals surface area contributed by atoms with Gasteiger partial charge in [-0.2, -0.15) is 4.99 Å². The minimum atomic E-state index is -0.181. The fourth-order valence-electron chi connectivity index (χ4n) is 1.19. The summed E-state index contributed by atoms with van der Waals surface area (Å²) in [5, 5.41) is 2.58. The number of allylic oxidation sites excluding steroid dienone is 4. The molecule has 0 spiro atoms. The molecule has 1 aliphatic rings. The normalized spacial score (nSPS) is 16.8. The van der Waals surface area contributed by atoms with Gasteiger partial charge >= 0.3 is 0 Å². The Kier molecular flexibility index (Phi) is 4.94. The summed E-state index contributed by atoms with van der Waals surface area (Å²) in [6.45, 7) is 9.67. The van der Waals surface area contributed by atoms with Gasteiger partial charge in [0.15, 0.2) is 0 Å². The summed E-state index contributed by atoms with van der Waals surface area (Å²) in [6.07, 6.45) is 7.25. The molecule has 0 aliphatic carbocycles. The molecule has 0 fully saturated rings. The Morgan fingerprint density at radius 2 is 2.35 bits per heavy atom. The fraction of sp³-hybridized carbons (Fsp3) is 0.231. The largest absolute Gasteiger partial charge is 0.465 e. The summed E-state index contributed by atoms with van der Waals surface area (Å²) in [5.41, 5.74) is 1.36. The summed E-state index contributed by atoms with van der Waals surface area (Å²) < 4.78 is 5.19. The van der Waals surface area contributed by atoms with Gasteiger partial charge in [-0.1, -0.05) is 31.4 Å². The Morgan fingerprint density at radius 1 is 1.59 bits per heavy atom. The van der Waals surface area contributed by atoms with Crippen molar-refractivity contribution in [3.8, 4) is 0 Å². The second-order valence-corrected chi connectivity index (χ2v) is 3.34. The van der Waals surface area contributed by atoms with E-state index in [-0.39, 0.29) is 18.3 Å². The first-order chi connectivity index (χ1) is 8.15. The van der Waals surface area contributed by atoms with Gasteiger partial charge in [-0.05, 0) is 18.6 Å². The van der Waals surface area contributed by atoms with Crippen LogP contribution in [-0.2, 0) is 9.53 Å². The maximum atomic E-state index is 11.5. The van der Waals surface area contributed by atoms with Gasteiger partial charge in [-0.15, -0.1) is 0 Å². The van der Waals surface area contributed by atoms with Crippen molar-refractivity contribution in [2.45, 2.75) is 13.3 Å². The lowest BCUT2D eigenvalue weighted by Crippen LogP contribution is -2.32.